The van der Waals surface area contributed by atoms with Crippen molar-refractivity contribution in [2.24, 2.45) is 0 Å². The molecule has 3 rings (SSSR count). The molecular formula is C20H17N3O4S2. The molecule has 0 aliphatic heterocycles. The zero-order chi connectivity index (χ0) is 21.0. The summed E-state index contributed by atoms with van der Waals surface area (Å²) in [7, 11) is 1.33. The van der Waals surface area contributed by atoms with Crippen molar-refractivity contribution in [3.8, 4) is 28.8 Å². The van der Waals surface area contributed by atoms with Gasteiger partial charge in [0.1, 0.15) is 23.1 Å². The van der Waals surface area contributed by atoms with Gasteiger partial charge in [0, 0.05) is 11.6 Å². The molecule has 0 bridgehead atoms. The maximum Gasteiger partial charge on any atom is 0.270 e. The van der Waals surface area contributed by atoms with Crippen LogP contribution in [-0.2, 0) is 10.8 Å². The molecule has 1 heterocycles. The number of aromatic amines is 1. The Hall–Kier alpha value is -3.09. The summed E-state index contributed by atoms with van der Waals surface area (Å²) in [5, 5.41) is 9.86. The van der Waals surface area contributed by atoms with Gasteiger partial charge in [-0.1, -0.05) is 30.0 Å². The van der Waals surface area contributed by atoms with Gasteiger partial charge in [-0.3, -0.25) is 4.79 Å². The van der Waals surface area contributed by atoms with Crippen LogP contribution in [-0.4, -0.2) is 34.7 Å². The maximum absolute atomic E-state index is 13.5. The minimum Gasteiger partial charge on any atom is -0.497 e. The maximum atomic E-state index is 13.5. The first kappa shape index (κ1) is 20.6. The van der Waals surface area contributed by atoms with Gasteiger partial charge in [0.25, 0.3) is 5.56 Å². The van der Waals surface area contributed by atoms with Crippen LogP contribution in [0.1, 0.15) is 5.56 Å². The molecule has 1 unspecified atom stereocenters. The Labute approximate surface area is 174 Å². The van der Waals surface area contributed by atoms with Gasteiger partial charge in [0.05, 0.1) is 40.5 Å². The molecule has 0 radical (unpaired) electrons. The zero-order valence-electron chi connectivity index (χ0n) is 15.9. The number of nitrogens with zero attached hydrogens (tertiary/aromatic N) is 2. The van der Waals surface area contributed by atoms with Crippen molar-refractivity contribution in [2.45, 2.75) is 14.9 Å². The molecular weight excluding hydrogens is 410 g/mol. The summed E-state index contributed by atoms with van der Waals surface area (Å²) in [5.74, 6) is 0.964. The zero-order valence-corrected chi connectivity index (χ0v) is 17.5. The van der Waals surface area contributed by atoms with E-state index in [2.05, 4.69) is 9.97 Å². The van der Waals surface area contributed by atoms with Crippen molar-refractivity contribution in [3.63, 3.8) is 0 Å². The number of nitrogens with one attached hydrogen (secondary N) is 1. The van der Waals surface area contributed by atoms with E-state index in [0.29, 0.717) is 32.0 Å². The molecule has 0 saturated carbocycles. The first-order valence-corrected chi connectivity index (χ1v) is 10.7. The van der Waals surface area contributed by atoms with E-state index >= 15 is 0 Å². The fourth-order valence-corrected chi connectivity index (χ4v) is 4.46. The van der Waals surface area contributed by atoms with Crippen molar-refractivity contribution in [2.75, 3.05) is 20.5 Å². The molecule has 9 heteroatoms. The molecule has 1 N–H and O–H groups in total. The van der Waals surface area contributed by atoms with E-state index in [-0.39, 0.29) is 11.3 Å². The number of benzene rings is 2. The fraction of sp³-hybridized carbons (Fsp3) is 0.150. The molecule has 0 fully saturated rings. The summed E-state index contributed by atoms with van der Waals surface area (Å²) in [6.45, 7) is 0. The first-order valence-electron chi connectivity index (χ1n) is 8.35. The molecule has 1 atom stereocenters. The Bertz CT molecular complexity index is 1190. The molecule has 29 heavy (non-hydrogen) atoms. The summed E-state index contributed by atoms with van der Waals surface area (Å²) in [6.07, 6.45) is 1.76. The monoisotopic (exact) mass is 427 g/mol. The average Bonchev–Trinajstić information content (AvgIpc) is 2.77. The minimum absolute atomic E-state index is 0.134. The van der Waals surface area contributed by atoms with E-state index in [1.807, 2.05) is 6.07 Å². The summed E-state index contributed by atoms with van der Waals surface area (Å²) in [5.41, 5.74) is -0.0497. The molecule has 7 nitrogen and oxygen atoms in total. The Morgan fingerprint density at radius 2 is 1.90 bits per heavy atom. The van der Waals surface area contributed by atoms with Crippen LogP contribution >= 0.6 is 11.8 Å². The largest absolute Gasteiger partial charge is 0.497 e. The Morgan fingerprint density at radius 3 is 2.55 bits per heavy atom. The molecule has 0 saturated heterocycles. The lowest BCUT2D eigenvalue weighted by Gasteiger charge is -2.13. The average molecular weight is 428 g/mol. The highest BCUT2D eigenvalue weighted by Gasteiger charge is 2.22. The number of nitriles is 1. The van der Waals surface area contributed by atoms with Crippen LogP contribution < -0.4 is 15.0 Å². The molecule has 1 aromatic heterocycles. The van der Waals surface area contributed by atoms with E-state index in [1.54, 1.807) is 48.7 Å². The van der Waals surface area contributed by atoms with Crippen LogP contribution in [0, 0.1) is 11.3 Å². The molecule has 0 aliphatic rings. The normalized spacial score (nSPS) is 11.5. The predicted octanol–water partition coefficient (Wildman–Crippen LogP) is 3.21. The van der Waals surface area contributed by atoms with Gasteiger partial charge in [-0.2, -0.15) is 5.26 Å². The third-order valence-corrected chi connectivity index (χ3v) is 6.17. The lowest BCUT2D eigenvalue weighted by Crippen LogP contribution is -2.15. The van der Waals surface area contributed by atoms with Crippen molar-refractivity contribution in [1.29, 1.82) is 5.26 Å². The van der Waals surface area contributed by atoms with E-state index in [0.717, 1.165) is 0 Å². The summed E-state index contributed by atoms with van der Waals surface area (Å²) in [4.78, 5) is 20.1. The standard InChI is InChI=1S/C20H17N3O4S2/c1-26-12-8-9-15(27-2)17(10-12)29(25)16-7-5-4-6-13(16)18-14(11-21)19(24)23-20(22-18)28-3/h4-10H,1-3H3,(H,22,23,24). The van der Waals surface area contributed by atoms with E-state index in [9.17, 15) is 14.3 Å². The van der Waals surface area contributed by atoms with E-state index < -0.39 is 16.4 Å². The Morgan fingerprint density at radius 1 is 1.14 bits per heavy atom. The highest BCUT2D eigenvalue weighted by molar-refractivity contribution is 7.98. The molecule has 2 aromatic carbocycles. The molecule has 148 valence electrons. The van der Waals surface area contributed by atoms with Crippen LogP contribution in [0.15, 0.2) is 62.2 Å². The number of aromatic nitrogens is 2. The van der Waals surface area contributed by atoms with E-state index in [4.69, 9.17) is 9.47 Å². The van der Waals surface area contributed by atoms with Gasteiger partial charge in [0.15, 0.2) is 5.16 Å². The third kappa shape index (κ3) is 4.04. The minimum atomic E-state index is -1.68. The second-order valence-corrected chi connectivity index (χ2v) is 7.90. The predicted molar refractivity (Wildman–Crippen MR) is 111 cm³/mol. The number of methoxy groups -OCH3 is 2. The van der Waals surface area contributed by atoms with Gasteiger partial charge in [-0.25, -0.2) is 9.19 Å². The van der Waals surface area contributed by atoms with Crippen LogP contribution in [0.3, 0.4) is 0 Å². The quantitative estimate of drug-likeness (QED) is 0.476. The molecule has 0 aliphatic carbocycles. The number of hydrogen-bond donors (Lipinski definition) is 1. The lowest BCUT2D eigenvalue weighted by atomic mass is 10.1. The van der Waals surface area contributed by atoms with Gasteiger partial charge >= 0.3 is 0 Å². The topological polar surface area (TPSA) is 105 Å². The Balaban J connectivity index is 2.25. The number of rotatable bonds is 6. The number of hydrogen-bond acceptors (Lipinski definition) is 7. The summed E-state index contributed by atoms with van der Waals surface area (Å²) in [6, 6.07) is 13.8. The fourth-order valence-electron chi connectivity index (χ4n) is 2.72. The highest BCUT2D eigenvalue weighted by atomic mass is 32.2. The Kier molecular flexibility index (Phi) is 6.36. The van der Waals surface area contributed by atoms with Crippen molar-refractivity contribution in [3.05, 3.63) is 58.4 Å². The van der Waals surface area contributed by atoms with Crippen LogP contribution in [0.5, 0.6) is 11.5 Å². The SMILES string of the molecule is COc1ccc(OC)c(S(=O)c2ccccc2-c2nc(SC)[nH]c(=O)c2C#N)c1. The van der Waals surface area contributed by atoms with Gasteiger partial charge in [0.2, 0.25) is 0 Å². The summed E-state index contributed by atoms with van der Waals surface area (Å²) < 4.78 is 24.1. The third-order valence-electron chi connectivity index (χ3n) is 4.12. The highest BCUT2D eigenvalue weighted by Crippen LogP contribution is 2.34. The number of H-pyrrole nitrogens is 1. The van der Waals surface area contributed by atoms with Crippen molar-refractivity contribution >= 4 is 22.6 Å². The lowest BCUT2D eigenvalue weighted by molar-refractivity contribution is 0.393. The van der Waals surface area contributed by atoms with Gasteiger partial charge in [-0.05, 0) is 24.5 Å². The second-order valence-electron chi connectivity index (χ2n) is 5.69. The van der Waals surface area contributed by atoms with E-state index in [1.165, 1.54) is 26.0 Å². The molecule has 0 spiro atoms. The van der Waals surface area contributed by atoms with Gasteiger partial charge < -0.3 is 14.5 Å². The molecule has 3 aromatic rings. The summed E-state index contributed by atoms with van der Waals surface area (Å²) >= 11 is 1.24. The van der Waals surface area contributed by atoms with Crippen LogP contribution in [0.2, 0.25) is 0 Å². The smallest absolute Gasteiger partial charge is 0.270 e. The second kappa shape index (κ2) is 8.94. The van der Waals surface area contributed by atoms with Crippen LogP contribution in [0.4, 0.5) is 0 Å². The van der Waals surface area contributed by atoms with Crippen molar-refractivity contribution < 1.29 is 13.7 Å². The van der Waals surface area contributed by atoms with Crippen molar-refractivity contribution in [1.82, 2.24) is 9.97 Å². The number of thioether (sulfide) groups is 1. The number of ether oxygens (including phenoxy) is 2. The van der Waals surface area contributed by atoms with Crippen LogP contribution in [0.25, 0.3) is 11.3 Å². The first-order chi connectivity index (χ1) is 14.0. The molecule has 0 amide bonds. The van der Waals surface area contributed by atoms with Gasteiger partial charge in [-0.15, -0.1) is 0 Å².